The Hall–Kier alpha value is -0.830. The van der Waals surface area contributed by atoms with Crippen LogP contribution in [0.5, 0.6) is 0 Å². The molecule has 4 rings (SSSR count). The molecule has 92 valence electrons. The normalized spacial score (nSPS) is 53.8. The average Bonchev–Trinajstić information content (AvgIpc) is 2.96. The van der Waals surface area contributed by atoms with Gasteiger partial charge >= 0.3 is 5.97 Å². The van der Waals surface area contributed by atoms with Gasteiger partial charge in [-0.25, -0.2) is 4.79 Å². The molecule has 17 heavy (non-hydrogen) atoms. The molecule has 0 aromatic carbocycles. The summed E-state index contributed by atoms with van der Waals surface area (Å²) in [6.45, 7) is 3.47. The molecule has 0 N–H and O–H groups in total. The minimum Gasteiger partial charge on any atom is -0.459 e. The highest BCUT2D eigenvalue weighted by Gasteiger charge is 2.70. The maximum absolute atomic E-state index is 11.3. The predicted molar refractivity (Wildman–Crippen MR) is 61.2 cm³/mol. The summed E-state index contributed by atoms with van der Waals surface area (Å²) in [6.07, 6.45) is 8.34. The number of rotatable bonds is 2. The van der Waals surface area contributed by atoms with E-state index in [4.69, 9.17) is 9.47 Å². The second kappa shape index (κ2) is 3.14. The summed E-state index contributed by atoms with van der Waals surface area (Å²) in [6, 6.07) is 0. The van der Waals surface area contributed by atoms with Crippen LogP contribution in [0.15, 0.2) is 12.7 Å². The lowest BCUT2D eigenvalue weighted by Crippen LogP contribution is -2.40. The molecular weight excluding hydrogens is 216 g/mol. The number of fused-ring (bicyclic) bond motifs is 1. The molecule has 1 aliphatic heterocycles. The smallest absolute Gasteiger partial charge is 0.330 e. The van der Waals surface area contributed by atoms with Gasteiger partial charge in [-0.1, -0.05) is 6.58 Å². The molecule has 0 spiro atoms. The molecule has 6 atom stereocenters. The van der Waals surface area contributed by atoms with Crippen molar-refractivity contribution in [3.05, 3.63) is 12.7 Å². The van der Waals surface area contributed by atoms with Gasteiger partial charge in [0.25, 0.3) is 0 Å². The number of carbonyl (C=O) groups excluding carboxylic acids is 1. The van der Waals surface area contributed by atoms with Crippen LogP contribution in [0.25, 0.3) is 0 Å². The minimum atomic E-state index is -0.268. The Morgan fingerprint density at radius 2 is 2.35 bits per heavy atom. The van der Waals surface area contributed by atoms with Crippen LogP contribution in [0, 0.1) is 17.3 Å². The Morgan fingerprint density at radius 3 is 3.18 bits per heavy atom. The van der Waals surface area contributed by atoms with Crippen molar-refractivity contribution >= 4 is 5.97 Å². The number of hydrogen-bond donors (Lipinski definition) is 0. The van der Waals surface area contributed by atoms with Gasteiger partial charge in [-0.2, -0.15) is 0 Å². The molecule has 3 nitrogen and oxygen atoms in total. The number of epoxide rings is 1. The fourth-order valence-corrected chi connectivity index (χ4v) is 4.97. The third kappa shape index (κ3) is 1.23. The van der Waals surface area contributed by atoms with Gasteiger partial charge in [-0.3, -0.25) is 0 Å². The van der Waals surface area contributed by atoms with E-state index in [1.165, 1.54) is 25.3 Å². The van der Waals surface area contributed by atoms with E-state index in [1.807, 2.05) is 0 Å². The van der Waals surface area contributed by atoms with Crippen LogP contribution in [0.1, 0.15) is 32.1 Å². The predicted octanol–water partition coefficient (Wildman–Crippen LogP) is 2.06. The second-order valence-corrected chi connectivity index (χ2v) is 6.17. The van der Waals surface area contributed by atoms with Gasteiger partial charge in [-0.15, -0.1) is 0 Å². The van der Waals surface area contributed by atoms with Gasteiger partial charge in [-0.05, 0) is 43.9 Å². The zero-order valence-electron chi connectivity index (χ0n) is 9.93. The first-order chi connectivity index (χ1) is 8.23. The van der Waals surface area contributed by atoms with Crippen LogP contribution < -0.4 is 0 Å². The summed E-state index contributed by atoms with van der Waals surface area (Å²) < 4.78 is 11.2. The van der Waals surface area contributed by atoms with E-state index in [1.54, 1.807) is 0 Å². The molecule has 0 aromatic heterocycles. The second-order valence-electron chi connectivity index (χ2n) is 6.17. The van der Waals surface area contributed by atoms with Crippen molar-refractivity contribution in [1.82, 2.24) is 0 Å². The third-order valence-electron chi connectivity index (χ3n) is 5.55. The molecule has 0 aromatic rings. The maximum Gasteiger partial charge on any atom is 0.330 e. The lowest BCUT2D eigenvalue weighted by atomic mass is 9.67. The summed E-state index contributed by atoms with van der Waals surface area (Å²) in [5.74, 6) is 1.35. The first-order valence-corrected chi connectivity index (χ1v) is 6.71. The molecule has 3 saturated carbocycles. The van der Waals surface area contributed by atoms with Gasteiger partial charge < -0.3 is 9.47 Å². The van der Waals surface area contributed by atoms with Gasteiger partial charge in [0.2, 0.25) is 0 Å². The summed E-state index contributed by atoms with van der Waals surface area (Å²) in [5.41, 5.74) is 0.361. The number of ether oxygens (including phenoxy) is 2. The van der Waals surface area contributed by atoms with Crippen molar-refractivity contribution < 1.29 is 14.3 Å². The SMILES string of the molecule is C=CC(=O)OC1CC2CCC3(C1)C2CC1OC13. The lowest BCUT2D eigenvalue weighted by molar-refractivity contribution is -0.149. The summed E-state index contributed by atoms with van der Waals surface area (Å²) in [7, 11) is 0. The summed E-state index contributed by atoms with van der Waals surface area (Å²) in [5, 5.41) is 0. The molecular formula is C14H18O3. The Balaban J connectivity index is 1.57. The lowest BCUT2D eigenvalue weighted by Gasteiger charge is -2.41. The molecule has 0 amide bonds. The topological polar surface area (TPSA) is 38.8 Å². The molecule has 4 fully saturated rings. The molecule has 6 unspecified atom stereocenters. The van der Waals surface area contributed by atoms with Crippen molar-refractivity contribution in [2.75, 3.05) is 0 Å². The fraction of sp³-hybridized carbons (Fsp3) is 0.786. The number of esters is 1. The molecule has 0 radical (unpaired) electrons. The van der Waals surface area contributed by atoms with Crippen LogP contribution >= 0.6 is 0 Å². The molecule has 1 saturated heterocycles. The summed E-state index contributed by atoms with van der Waals surface area (Å²) in [4.78, 5) is 11.3. The average molecular weight is 234 g/mol. The van der Waals surface area contributed by atoms with Crippen LogP contribution in [0.2, 0.25) is 0 Å². The van der Waals surface area contributed by atoms with Gasteiger partial charge in [0.1, 0.15) is 6.10 Å². The molecule has 3 heteroatoms. The van der Waals surface area contributed by atoms with E-state index in [2.05, 4.69) is 6.58 Å². The van der Waals surface area contributed by atoms with E-state index >= 15 is 0 Å². The van der Waals surface area contributed by atoms with Gasteiger partial charge in [0.05, 0.1) is 12.2 Å². The third-order valence-corrected chi connectivity index (χ3v) is 5.55. The molecule has 1 heterocycles. The molecule has 3 aliphatic carbocycles. The van der Waals surface area contributed by atoms with E-state index in [0.717, 1.165) is 24.7 Å². The monoisotopic (exact) mass is 234 g/mol. The Morgan fingerprint density at radius 1 is 1.47 bits per heavy atom. The van der Waals surface area contributed by atoms with Crippen molar-refractivity contribution in [2.45, 2.75) is 50.4 Å². The minimum absolute atomic E-state index is 0.104. The zero-order valence-corrected chi connectivity index (χ0v) is 9.93. The molecule has 2 bridgehead atoms. The maximum atomic E-state index is 11.3. The molecule has 4 aliphatic rings. The van der Waals surface area contributed by atoms with Gasteiger partial charge in [0, 0.05) is 11.5 Å². The first kappa shape index (κ1) is 10.1. The Bertz CT molecular complexity index is 391. The van der Waals surface area contributed by atoms with Crippen molar-refractivity contribution in [1.29, 1.82) is 0 Å². The van der Waals surface area contributed by atoms with E-state index in [-0.39, 0.29) is 12.1 Å². The first-order valence-electron chi connectivity index (χ1n) is 6.71. The van der Waals surface area contributed by atoms with Crippen molar-refractivity contribution in [2.24, 2.45) is 17.3 Å². The van der Waals surface area contributed by atoms with Crippen molar-refractivity contribution in [3.63, 3.8) is 0 Å². The summed E-state index contributed by atoms with van der Waals surface area (Å²) >= 11 is 0. The van der Waals surface area contributed by atoms with Crippen LogP contribution in [-0.4, -0.2) is 24.3 Å². The zero-order chi connectivity index (χ0) is 11.6. The number of hydrogen-bond acceptors (Lipinski definition) is 3. The number of carbonyl (C=O) groups is 1. The highest BCUT2D eigenvalue weighted by atomic mass is 16.6. The van der Waals surface area contributed by atoms with E-state index in [9.17, 15) is 4.79 Å². The highest BCUT2D eigenvalue weighted by Crippen LogP contribution is 2.69. The van der Waals surface area contributed by atoms with Crippen LogP contribution in [-0.2, 0) is 14.3 Å². The highest BCUT2D eigenvalue weighted by molar-refractivity contribution is 5.81. The standard InChI is InChI=1S/C14H18O3/c1-2-12(15)16-9-5-8-3-4-14(7-9)10(8)6-11-13(14)17-11/h2,8-11,13H,1,3-7H2. The van der Waals surface area contributed by atoms with Crippen LogP contribution in [0.4, 0.5) is 0 Å². The quantitative estimate of drug-likeness (QED) is 0.417. The van der Waals surface area contributed by atoms with Crippen molar-refractivity contribution in [3.8, 4) is 0 Å². The Kier molecular flexibility index (Phi) is 1.87. The van der Waals surface area contributed by atoms with Crippen LogP contribution in [0.3, 0.4) is 0 Å². The largest absolute Gasteiger partial charge is 0.459 e. The Labute approximate surface area is 101 Å². The van der Waals surface area contributed by atoms with E-state index < -0.39 is 0 Å². The van der Waals surface area contributed by atoms with Gasteiger partial charge in [0.15, 0.2) is 0 Å². The fourth-order valence-electron chi connectivity index (χ4n) is 4.97. The van der Waals surface area contributed by atoms with E-state index in [0.29, 0.717) is 17.6 Å².